The average molecular weight is 728 g/mol. The maximum absolute atomic E-state index is 6.89. The molecule has 0 saturated heterocycles. The molecule has 0 atom stereocenters. The van der Waals surface area contributed by atoms with Crippen molar-refractivity contribution in [3.8, 4) is 22.3 Å². The summed E-state index contributed by atoms with van der Waals surface area (Å²) in [7, 11) is 0. The molecule has 0 N–H and O–H groups in total. The van der Waals surface area contributed by atoms with Gasteiger partial charge in [-0.25, -0.2) is 0 Å². The Hall–Kier alpha value is -7.62. The quantitative estimate of drug-likeness (QED) is 0.165. The topological polar surface area (TPSA) is 29.5 Å². The number of fused-ring (bicyclic) bond motifs is 10. The number of para-hydroxylation sites is 2. The van der Waals surface area contributed by atoms with Crippen molar-refractivity contribution >= 4 is 93.3 Å². The minimum atomic E-state index is 0.863. The first kappa shape index (κ1) is 31.7. The van der Waals surface area contributed by atoms with Crippen molar-refractivity contribution in [2.45, 2.75) is 0 Å². The second kappa shape index (κ2) is 12.5. The molecule has 0 amide bonds. The van der Waals surface area contributed by atoms with E-state index in [2.05, 4.69) is 193 Å². The fourth-order valence-electron chi connectivity index (χ4n) is 9.00. The van der Waals surface area contributed by atoms with E-state index in [4.69, 9.17) is 8.83 Å². The molecule has 3 nitrogen and oxygen atoms in total. The fourth-order valence-corrected chi connectivity index (χ4v) is 9.00. The van der Waals surface area contributed by atoms with Gasteiger partial charge in [0.25, 0.3) is 0 Å². The van der Waals surface area contributed by atoms with Crippen molar-refractivity contribution in [2.24, 2.45) is 0 Å². The lowest BCUT2D eigenvalue weighted by Gasteiger charge is -2.28. The van der Waals surface area contributed by atoms with Crippen LogP contribution in [0.2, 0.25) is 0 Å². The summed E-state index contributed by atoms with van der Waals surface area (Å²) in [5.41, 5.74) is 11.2. The SMILES string of the molecule is c1ccc2c(-c3ccc(N(c4ccc(-c5ccc6c(c5)oc5ccccc56)cc4)c4cccc5c4ccc4ccccc45)c4c3oc3ccccc34)cccc2c1. The van der Waals surface area contributed by atoms with Crippen molar-refractivity contribution < 1.29 is 8.83 Å². The Kier molecular flexibility index (Phi) is 6.93. The Balaban J connectivity index is 1.10. The molecule has 2 aromatic heterocycles. The maximum Gasteiger partial charge on any atom is 0.145 e. The third-order valence-corrected chi connectivity index (χ3v) is 11.7. The highest BCUT2D eigenvalue weighted by Crippen LogP contribution is 2.49. The van der Waals surface area contributed by atoms with Crippen molar-refractivity contribution in [2.75, 3.05) is 4.90 Å². The van der Waals surface area contributed by atoms with Gasteiger partial charge in [0.2, 0.25) is 0 Å². The molecule has 0 spiro atoms. The average Bonchev–Trinajstić information content (AvgIpc) is 3.85. The molecule has 0 aliphatic carbocycles. The zero-order valence-corrected chi connectivity index (χ0v) is 30.8. The normalized spacial score (nSPS) is 11.9. The predicted molar refractivity (Wildman–Crippen MR) is 239 cm³/mol. The number of anilines is 3. The lowest BCUT2D eigenvalue weighted by atomic mass is 9.95. The highest BCUT2D eigenvalue weighted by molar-refractivity contribution is 6.20. The first-order chi connectivity index (χ1) is 28.3. The summed E-state index contributed by atoms with van der Waals surface area (Å²) >= 11 is 0. The number of nitrogens with zero attached hydrogens (tertiary/aromatic N) is 1. The summed E-state index contributed by atoms with van der Waals surface area (Å²) in [6, 6.07) is 71.6. The zero-order valence-electron chi connectivity index (χ0n) is 30.8. The van der Waals surface area contributed by atoms with Gasteiger partial charge in [0.1, 0.15) is 22.3 Å². The van der Waals surface area contributed by atoms with E-state index in [-0.39, 0.29) is 0 Å². The molecular weight excluding hydrogens is 695 g/mol. The third kappa shape index (κ3) is 4.92. The molecule has 2 heterocycles. The number of rotatable bonds is 5. The van der Waals surface area contributed by atoms with Crippen LogP contribution in [0.4, 0.5) is 17.1 Å². The van der Waals surface area contributed by atoms with E-state index in [0.717, 1.165) is 83.2 Å². The Bertz CT molecular complexity index is 3530. The van der Waals surface area contributed by atoms with Crippen molar-refractivity contribution in [1.29, 1.82) is 0 Å². The smallest absolute Gasteiger partial charge is 0.145 e. The molecule has 0 aliphatic rings. The molecule has 3 heteroatoms. The van der Waals surface area contributed by atoms with Gasteiger partial charge < -0.3 is 13.7 Å². The van der Waals surface area contributed by atoms with Crippen LogP contribution in [0.15, 0.2) is 209 Å². The van der Waals surface area contributed by atoms with Gasteiger partial charge in [-0.3, -0.25) is 0 Å². The first-order valence-corrected chi connectivity index (χ1v) is 19.4. The van der Waals surface area contributed by atoms with Gasteiger partial charge >= 0.3 is 0 Å². The van der Waals surface area contributed by atoms with Gasteiger partial charge in [-0.05, 0) is 98.2 Å². The Morgan fingerprint density at radius 2 is 0.930 bits per heavy atom. The van der Waals surface area contributed by atoms with Crippen molar-refractivity contribution in [1.82, 2.24) is 0 Å². The van der Waals surface area contributed by atoms with Crippen LogP contribution in [0.1, 0.15) is 0 Å². The van der Waals surface area contributed by atoms with E-state index in [0.29, 0.717) is 0 Å². The van der Waals surface area contributed by atoms with Crippen LogP contribution in [-0.2, 0) is 0 Å². The molecular formula is C54H33NO2. The van der Waals surface area contributed by atoms with E-state index < -0.39 is 0 Å². The maximum atomic E-state index is 6.89. The summed E-state index contributed by atoms with van der Waals surface area (Å²) in [6.07, 6.45) is 0. The second-order valence-corrected chi connectivity index (χ2v) is 14.8. The largest absolute Gasteiger partial charge is 0.456 e. The molecule has 12 rings (SSSR count). The Labute approximate surface area is 328 Å². The Morgan fingerprint density at radius 1 is 0.316 bits per heavy atom. The predicted octanol–water partition coefficient (Wildman–Crippen LogP) is 15.7. The van der Waals surface area contributed by atoms with Crippen molar-refractivity contribution in [3.05, 3.63) is 200 Å². The molecule has 10 aromatic carbocycles. The highest BCUT2D eigenvalue weighted by atomic mass is 16.3. The van der Waals surface area contributed by atoms with Gasteiger partial charge in [0.15, 0.2) is 0 Å². The van der Waals surface area contributed by atoms with Crippen LogP contribution in [-0.4, -0.2) is 0 Å². The van der Waals surface area contributed by atoms with Crippen LogP contribution in [0.5, 0.6) is 0 Å². The minimum Gasteiger partial charge on any atom is -0.456 e. The molecule has 0 radical (unpaired) electrons. The van der Waals surface area contributed by atoms with Gasteiger partial charge in [0, 0.05) is 32.8 Å². The summed E-state index contributed by atoms with van der Waals surface area (Å²) in [4.78, 5) is 2.42. The summed E-state index contributed by atoms with van der Waals surface area (Å²) < 4.78 is 13.2. The summed E-state index contributed by atoms with van der Waals surface area (Å²) in [5.74, 6) is 0. The van der Waals surface area contributed by atoms with Crippen LogP contribution in [0.3, 0.4) is 0 Å². The summed E-state index contributed by atoms with van der Waals surface area (Å²) in [6.45, 7) is 0. The lowest BCUT2D eigenvalue weighted by molar-refractivity contribution is 0.669. The van der Waals surface area contributed by atoms with Crippen LogP contribution >= 0.6 is 0 Å². The highest BCUT2D eigenvalue weighted by Gasteiger charge is 2.24. The van der Waals surface area contributed by atoms with Crippen LogP contribution in [0, 0.1) is 0 Å². The summed E-state index contributed by atoms with van der Waals surface area (Å²) in [5, 5.41) is 11.7. The van der Waals surface area contributed by atoms with Crippen LogP contribution in [0.25, 0.3) is 98.4 Å². The standard InChI is InChI=1S/C54H33NO2/c1-3-14-39-35(11-1)13-9-18-42(39)46-31-32-49(53-47-17-6-8-22-51(47)57-54(46)53)55(48-20-10-19-41-40-15-4-2-12-36(40)25-29-43(41)48)38-27-23-34(24-28-38)37-26-30-45-44-16-5-7-21-50(44)56-52(45)33-37/h1-33H. The molecule has 12 aromatic rings. The van der Waals surface area contributed by atoms with Crippen LogP contribution < -0.4 is 4.90 Å². The third-order valence-electron chi connectivity index (χ3n) is 11.7. The van der Waals surface area contributed by atoms with Gasteiger partial charge in [0.05, 0.1) is 16.8 Å². The van der Waals surface area contributed by atoms with Gasteiger partial charge in [-0.15, -0.1) is 0 Å². The van der Waals surface area contributed by atoms with E-state index >= 15 is 0 Å². The Morgan fingerprint density at radius 3 is 1.77 bits per heavy atom. The molecule has 0 fully saturated rings. The second-order valence-electron chi connectivity index (χ2n) is 14.8. The number of furan rings is 2. The molecule has 0 bridgehead atoms. The fraction of sp³-hybridized carbons (Fsp3) is 0. The molecule has 57 heavy (non-hydrogen) atoms. The number of hydrogen-bond donors (Lipinski definition) is 0. The minimum absolute atomic E-state index is 0.863. The van der Waals surface area contributed by atoms with E-state index in [1.165, 1.54) is 32.3 Å². The first-order valence-electron chi connectivity index (χ1n) is 19.4. The molecule has 0 aliphatic heterocycles. The molecule has 0 unspecified atom stereocenters. The van der Waals surface area contributed by atoms with E-state index in [9.17, 15) is 0 Å². The molecule has 266 valence electrons. The van der Waals surface area contributed by atoms with E-state index in [1.807, 2.05) is 12.1 Å². The number of hydrogen-bond acceptors (Lipinski definition) is 3. The monoisotopic (exact) mass is 727 g/mol. The van der Waals surface area contributed by atoms with Crippen molar-refractivity contribution in [3.63, 3.8) is 0 Å². The van der Waals surface area contributed by atoms with E-state index in [1.54, 1.807) is 0 Å². The van der Waals surface area contributed by atoms with Gasteiger partial charge in [-0.1, -0.05) is 146 Å². The molecule has 0 saturated carbocycles. The number of benzene rings is 10. The lowest BCUT2D eigenvalue weighted by Crippen LogP contribution is -2.11. The van der Waals surface area contributed by atoms with Gasteiger partial charge in [-0.2, -0.15) is 0 Å². The zero-order chi connectivity index (χ0) is 37.5.